The lowest BCUT2D eigenvalue weighted by Gasteiger charge is -2.31. The quantitative estimate of drug-likeness (QED) is 0.104. The van der Waals surface area contributed by atoms with Crippen molar-refractivity contribution in [1.29, 1.82) is 0 Å². The van der Waals surface area contributed by atoms with Crippen LogP contribution < -0.4 is 25.4 Å². The maximum absolute atomic E-state index is 14.4. The highest BCUT2D eigenvalue weighted by molar-refractivity contribution is 6.03. The first kappa shape index (κ1) is 39.8. The van der Waals surface area contributed by atoms with E-state index >= 15 is 0 Å². The Kier molecular flexibility index (Phi) is 12.7. The third-order valence-electron chi connectivity index (χ3n) is 9.02. The van der Waals surface area contributed by atoms with Gasteiger partial charge < -0.3 is 45.0 Å². The monoisotopic (exact) mass is 757 g/mol. The van der Waals surface area contributed by atoms with Crippen LogP contribution in [0.4, 0.5) is 0 Å². The van der Waals surface area contributed by atoms with Crippen LogP contribution in [0.2, 0.25) is 0 Å². The van der Waals surface area contributed by atoms with E-state index in [0.717, 1.165) is 0 Å². The summed E-state index contributed by atoms with van der Waals surface area (Å²) in [5.74, 6) is -5.06. The van der Waals surface area contributed by atoms with Crippen LogP contribution in [0.1, 0.15) is 49.9 Å². The highest BCUT2D eigenvalue weighted by Gasteiger charge is 2.45. The molecule has 5 rings (SSSR count). The standard InChI is InChI=1S/C39H43N5O11/c1-21(2)33(43-36(50)29(40-22(3)45)17-23-13-15-24(46)16-14-23)39(52)44-20-26(54-25-9-6-5-7-10-25)18-30(44)37(51)41-28(19-32(47)48)34(49)38-42-27-11-8-12-31(53-4)35(27)55-38/h5-16,21,26,28-30,33,46H,17-20H2,1-4H3,(H,40,45)(H,41,51)(H,43,50)(H,47,48). The molecular weight excluding hydrogens is 714 g/mol. The minimum absolute atomic E-state index is 0.0269. The summed E-state index contributed by atoms with van der Waals surface area (Å²) in [7, 11) is 1.41. The molecule has 5 N–H and O–H groups in total. The Labute approximate surface area is 316 Å². The highest BCUT2D eigenvalue weighted by Crippen LogP contribution is 2.28. The number of phenolic OH excluding ortho intramolecular Hbond substituents is 1. The molecule has 3 aromatic carbocycles. The first-order valence-electron chi connectivity index (χ1n) is 17.6. The van der Waals surface area contributed by atoms with Gasteiger partial charge in [0.1, 0.15) is 47.3 Å². The number of hydrogen-bond donors (Lipinski definition) is 5. The first-order chi connectivity index (χ1) is 26.2. The summed E-state index contributed by atoms with van der Waals surface area (Å²) in [4.78, 5) is 85.3. The molecule has 1 aromatic heterocycles. The molecule has 4 amide bonds. The normalized spacial score (nSPS) is 16.9. The average Bonchev–Trinajstić information content (AvgIpc) is 3.78. The molecule has 5 unspecified atom stereocenters. The molecule has 55 heavy (non-hydrogen) atoms. The molecule has 16 nitrogen and oxygen atoms in total. The van der Waals surface area contributed by atoms with E-state index in [4.69, 9.17) is 13.9 Å². The van der Waals surface area contributed by atoms with Crippen molar-refractivity contribution in [2.45, 2.75) is 70.3 Å². The van der Waals surface area contributed by atoms with Gasteiger partial charge in [0, 0.05) is 19.8 Å². The third kappa shape index (κ3) is 9.96. The fourth-order valence-electron chi connectivity index (χ4n) is 6.33. The largest absolute Gasteiger partial charge is 0.508 e. The van der Waals surface area contributed by atoms with Crippen molar-refractivity contribution in [3.8, 4) is 17.2 Å². The Hall–Kier alpha value is -6.45. The van der Waals surface area contributed by atoms with Crippen LogP contribution >= 0.6 is 0 Å². The number of aliphatic carboxylic acids is 1. The number of carboxylic acids is 1. The number of carboxylic acid groups (broad SMARTS) is 1. The SMILES string of the molecule is COc1cccc2nc(C(=O)C(CC(=O)O)NC(=O)C3CC(Oc4ccccc4)CN3C(=O)C(NC(=O)C(Cc3ccc(O)cc3)NC(C)=O)C(C)C)oc12. The van der Waals surface area contributed by atoms with Crippen LogP contribution in [-0.2, 0) is 30.4 Å². The fraction of sp³-hybridized carbons (Fsp3) is 0.359. The van der Waals surface area contributed by atoms with E-state index in [0.29, 0.717) is 17.1 Å². The van der Waals surface area contributed by atoms with Crippen LogP contribution in [0.5, 0.6) is 17.2 Å². The smallest absolute Gasteiger partial charge is 0.305 e. The van der Waals surface area contributed by atoms with Gasteiger partial charge in [0.2, 0.25) is 29.4 Å². The fourth-order valence-corrected chi connectivity index (χ4v) is 6.33. The summed E-state index contributed by atoms with van der Waals surface area (Å²) in [5, 5.41) is 27.3. The Balaban J connectivity index is 1.40. The highest BCUT2D eigenvalue weighted by atomic mass is 16.5. The molecule has 290 valence electrons. The van der Waals surface area contributed by atoms with E-state index in [1.807, 2.05) is 0 Å². The summed E-state index contributed by atoms with van der Waals surface area (Å²) >= 11 is 0. The van der Waals surface area contributed by atoms with Crippen LogP contribution in [-0.4, -0.2) is 99.4 Å². The predicted molar refractivity (Wildman–Crippen MR) is 196 cm³/mol. The molecule has 1 aliphatic rings. The minimum atomic E-state index is -1.63. The molecule has 0 bridgehead atoms. The number of amides is 4. The van der Waals surface area contributed by atoms with Crippen molar-refractivity contribution in [2.24, 2.45) is 5.92 Å². The number of ether oxygens (including phenoxy) is 2. The van der Waals surface area contributed by atoms with Crippen molar-refractivity contribution >= 4 is 46.5 Å². The summed E-state index contributed by atoms with van der Waals surface area (Å²) < 4.78 is 17.1. The number of oxazole rings is 1. The number of phenols is 1. The number of aromatic nitrogens is 1. The number of carbonyl (C=O) groups is 6. The number of nitrogens with one attached hydrogen (secondary N) is 3. The lowest BCUT2D eigenvalue weighted by atomic mass is 10.00. The number of carbonyl (C=O) groups excluding carboxylic acids is 5. The van der Waals surface area contributed by atoms with E-state index < -0.39 is 83.9 Å². The maximum atomic E-state index is 14.4. The van der Waals surface area contributed by atoms with Crippen molar-refractivity contribution in [1.82, 2.24) is 25.8 Å². The lowest BCUT2D eigenvalue weighted by Crippen LogP contribution is -2.59. The summed E-state index contributed by atoms with van der Waals surface area (Å²) in [6.45, 7) is 4.58. The molecule has 0 saturated carbocycles. The van der Waals surface area contributed by atoms with Crippen LogP contribution in [0, 0.1) is 5.92 Å². The summed E-state index contributed by atoms with van der Waals surface area (Å²) in [5.41, 5.74) is 1.08. The van der Waals surface area contributed by atoms with Crippen molar-refractivity contribution in [2.75, 3.05) is 13.7 Å². The number of aromatic hydroxyl groups is 1. The molecule has 1 saturated heterocycles. The van der Waals surface area contributed by atoms with E-state index in [9.17, 15) is 39.0 Å². The first-order valence-corrected chi connectivity index (χ1v) is 17.6. The zero-order valence-electron chi connectivity index (χ0n) is 30.7. The number of para-hydroxylation sites is 2. The molecule has 0 spiro atoms. The number of fused-ring (bicyclic) bond motifs is 1. The van der Waals surface area contributed by atoms with E-state index in [-0.39, 0.29) is 36.2 Å². The summed E-state index contributed by atoms with van der Waals surface area (Å²) in [6.07, 6.45) is -1.50. The molecule has 4 aromatic rings. The Morgan fingerprint density at radius 3 is 2.27 bits per heavy atom. The number of nitrogens with zero attached hydrogens (tertiary/aromatic N) is 2. The molecule has 2 heterocycles. The van der Waals surface area contributed by atoms with Crippen LogP contribution in [0.25, 0.3) is 11.1 Å². The zero-order valence-corrected chi connectivity index (χ0v) is 30.7. The number of methoxy groups -OCH3 is 1. The number of likely N-dealkylation sites (tertiary alicyclic amines) is 1. The minimum Gasteiger partial charge on any atom is -0.508 e. The van der Waals surface area contributed by atoms with Gasteiger partial charge in [-0.2, -0.15) is 0 Å². The molecular formula is C39H43N5O11. The molecule has 0 radical (unpaired) electrons. The lowest BCUT2D eigenvalue weighted by molar-refractivity contribution is -0.143. The second kappa shape index (κ2) is 17.6. The number of rotatable bonds is 16. The van der Waals surface area contributed by atoms with Gasteiger partial charge >= 0.3 is 5.97 Å². The van der Waals surface area contributed by atoms with E-state index in [1.165, 1.54) is 31.1 Å². The second-order valence-corrected chi connectivity index (χ2v) is 13.5. The van der Waals surface area contributed by atoms with Crippen molar-refractivity contribution < 1.29 is 52.9 Å². The Bertz CT molecular complexity index is 2030. The van der Waals surface area contributed by atoms with Gasteiger partial charge in [0.05, 0.1) is 20.1 Å². The van der Waals surface area contributed by atoms with E-state index in [2.05, 4.69) is 20.9 Å². The number of ketones is 1. The summed E-state index contributed by atoms with van der Waals surface area (Å²) in [6, 6.07) is 14.5. The maximum Gasteiger partial charge on any atom is 0.305 e. The van der Waals surface area contributed by atoms with Crippen LogP contribution in [0.3, 0.4) is 0 Å². The number of benzene rings is 3. The zero-order chi connectivity index (χ0) is 39.8. The number of Topliss-reactive ketones (excluding diaryl/α,β-unsaturated/α-hetero) is 1. The molecule has 5 atom stereocenters. The average molecular weight is 758 g/mol. The topological polar surface area (TPSA) is 227 Å². The van der Waals surface area contributed by atoms with Gasteiger partial charge in [-0.25, -0.2) is 4.98 Å². The van der Waals surface area contributed by atoms with Crippen molar-refractivity contribution in [3.63, 3.8) is 0 Å². The van der Waals surface area contributed by atoms with Gasteiger partial charge in [-0.15, -0.1) is 0 Å². The molecule has 16 heteroatoms. The van der Waals surface area contributed by atoms with Gasteiger partial charge in [-0.05, 0) is 47.9 Å². The van der Waals surface area contributed by atoms with Gasteiger partial charge in [0.25, 0.3) is 5.89 Å². The van der Waals surface area contributed by atoms with Crippen LogP contribution in [0.15, 0.2) is 77.2 Å². The van der Waals surface area contributed by atoms with Gasteiger partial charge in [0.15, 0.2) is 11.3 Å². The Morgan fingerprint density at radius 2 is 1.64 bits per heavy atom. The Morgan fingerprint density at radius 1 is 0.927 bits per heavy atom. The van der Waals surface area contributed by atoms with Gasteiger partial charge in [-0.1, -0.05) is 50.2 Å². The van der Waals surface area contributed by atoms with Gasteiger partial charge in [-0.3, -0.25) is 28.8 Å². The second-order valence-electron chi connectivity index (χ2n) is 13.5. The number of hydrogen-bond acceptors (Lipinski definition) is 11. The van der Waals surface area contributed by atoms with E-state index in [1.54, 1.807) is 74.5 Å². The molecule has 0 aliphatic carbocycles. The van der Waals surface area contributed by atoms with Crippen molar-refractivity contribution in [3.05, 3.63) is 84.3 Å². The molecule has 1 aliphatic heterocycles. The predicted octanol–water partition coefficient (Wildman–Crippen LogP) is 2.62. The molecule has 1 fully saturated rings. The third-order valence-corrected chi connectivity index (χ3v) is 9.02.